The molecule has 1 aromatic heterocycles. The molecule has 0 saturated carbocycles. The number of aromatic nitrogens is 4. The largest absolute Gasteiger partial charge is 0.353 e. The number of aryl methyl sites for hydroxylation is 1. The first-order valence-corrected chi connectivity index (χ1v) is 6.05. The Hall–Kier alpha value is -0.780. The summed E-state index contributed by atoms with van der Waals surface area (Å²) in [5.41, 5.74) is 0. The summed E-state index contributed by atoms with van der Waals surface area (Å²) in [4.78, 5) is 0. The van der Waals surface area contributed by atoms with Gasteiger partial charge in [-0.25, -0.2) is 4.68 Å². The monoisotopic (exact) mass is 213 g/mol. The zero-order valence-corrected chi connectivity index (χ0v) is 9.13. The van der Waals surface area contributed by atoms with Gasteiger partial charge in [0.05, 0.1) is 0 Å². The van der Waals surface area contributed by atoms with Crippen LogP contribution < -0.4 is 5.32 Å². The lowest BCUT2D eigenvalue weighted by molar-refractivity contribution is 0.513. The Morgan fingerprint density at radius 2 is 2.29 bits per heavy atom. The number of anilines is 1. The lowest BCUT2D eigenvalue weighted by atomic mass is 10.0. The van der Waals surface area contributed by atoms with E-state index in [9.17, 15) is 0 Å². The lowest BCUT2D eigenvalue weighted by Gasteiger charge is -2.21. The van der Waals surface area contributed by atoms with Gasteiger partial charge in [0, 0.05) is 13.6 Å². The van der Waals surface area contributed by atoms with Gasteiger partial charge in [-0.15, -0.1) is 0 Å². The molecular formula is C8H15N5S. The average Bonchev–Trinajstić information content (AvgIpc) is 2.63. The van der Waals surface area contributed by atoms with E-state index in [1.54, 1.807) is 4.68 Å². The van der Waals surface area contributed by atoms with Gasteiger partial charge in [-0.2, -0.15) is 11.8 Å². The predicted octanol–water partition coefficient (Wildman–Crippen LogP) is 0.765. The molecule has 6 heteroatoms. The van der Waals surface area contributed by atoms with Crippen molar-refractivity contribution in [2.75, 3.05) is 23.4 Å². The molecule has 14 heavy (non-hydrogen) atoms. The van der Waals surface area contributed by atoms with E-state index in [0.29, 0.717) is 0 Å². The van der Waals surface area contributed by atoms with Crippen molar-refractivity contribution in [3.63, 3.8) is 0 Å². The van der Waals surface area contributed by atoms with Gasteiger partial charge in [-0.1, -0.05) is 5.10 Å². The molecule has 1 aromatic rings. The molecule has 0 aliphatic carbocycles. The summed E-state index contributed by atoms with van der Waals surface area (Å²) < 4.78 is 1.66. The van der Waals surface area contributed by atoms with Crippen LogP contribution in [0.2, 0.25) is 0 Å². The molecule has 2 rings (SSSR count). The third kappa shape index (κ3) is 2.37. The summed E-state index contributed by atoms with van der Waals surface area (Å²) in [6, 6.07) is 0. The summed E-state index contributed by atoms with van der Waals surface area (Å²) in [5.74, 6) is 4.14. The fourth-order valence-electron chi connectivity index (χ4n) is 1.57. The van der Waals surface area contributed by atoms with Crippen LogP contribution in [0, 0.1) is 5.92 Å². The van der Waals surface area contributed by atoms with Crippen molar-refractivity contribution < 1.29 is 0 Å². The van der Waals surface area contributed by atoms with Gasteiger partial charge in [0.2, 0.25) is 5.95 Å². The van der Waals surface area contributed by atoms with Crippen molar-refractivity contribution >= 4 is 17.7 Å². The molecule has 0 radical (unpaired) electrons. The van der Waals surface area contributed by atoms with Gasteiger partial charge >= 0.3 is 0 Å². The third-order valence-corrected chi connectivity index (χ3v) is 3.56. The SMILES string of the molecule is Cn1nnnc1NCC1CCSCC1. The van der Waals surface area contributed by atoms with Crippen molar-refractivity contribution in [3.8, 4) is 0 Å². The van der Waals surface area contributed by atoms with Crippen molar-refractivity contribution in [1.82, 2.24) is 20.2 Å². The Bertz CT molecular complexity index is 281. The summed E-state index contributed by atoms with van der Waals surface area (Å²) in [6.45, 7) is 0.995. The first kappa shape index (κ1) is 9.76. The van der Waals surface area contributed by atoms with E-state index in [4.69, 9.17) is 0 Å². The fourth-order valence-corrected chi connectivity index (χ4v) is 2.77. The second-order valence-electron chi connectivity index (χ2n) is 3.56. The zero-order valence-electron chi connectivity index (χ0n) is 8.31. The number of rotatable bonds is 3. The maximum absolute atomic E-state index is 3.89. The number of hydrogen-bond acceptors (Lipinski definition) is 5. The van der Waals surface area contributed by atoms with Crippen LogP contribution in [0.4, 0.5) is 5.95 Å². The number of nitrogens with zero attached hydrogens (tertiary/aromatic N) is 4. The normalized spacial score (nSPS) is 18.4. The van der Waals surface area contributed by atoms with Crippen molar-refractivity contribution in [1.29, 1.82) is 0 Å². The molecule has 0 unspecified atom stereocenters. The van der Waals surface area contributed by atoms with Crippen molar-refractivity contribution in [3.05, 3.63) is 0 Å². The van der Waals surface area contributed by atoms with Gasteiger partial charge in [0.15, 0.2) is 0 Å². The number of hydrogen-bond donors (Lipinski definition) is 1. The molecule has 78 valence electrons. The Kier molecular flexibility index (Phi) is 3.23. The predicted molar refractivity (Wildman–Crippen MR) is 57.3 cm³/mol. The minimum absolute atomic E-state index is 0.767. The maximum atomic E-state index is 3.89. The topological polar surface area (TPSA) is 55.6 Å². The van der Waals surface area contributed by atoms with E-state index in [1.807, 2.05) is 7.05 Å². The molecule has 1 fully saturated rings. The van der Waals surface area contributed by atoms with Crippen LogP contribution in [0.15, 0.2) is 0 Å². The molecule has 0 bridgehead atoms. The molecule has 5 nitrogen and oxygen atoms in total. The van der Waals surface area contributed by atoms with E-state index in [1.165, 1.54) is 24.3 Å². The standard InChI is InChI=1S/C8H15N5S/c1-13-8(10-11-12-13)9-6-7-2-4-14-5-3-7/h7H,2-6H2,1H3,(H,9,10,12). The molecule has 1 N–H and O–H groups in total. The van der Waals surface area contributed by atoms with Crippen LogP contribution >= 0.6 is 11.8 Å². The van der Waals surface area contributed by atoms with Crippen molar-refractivity contribution in [2.24, 2.45) is 13.0 Å². The lowest BCUT2D eigenvalue weighted by Crippen LogP contribution is -2.20. The second kappa shape index (κ2) is 4.63. The van der Waals surface area contributed by atoms with Gasteiger partial charge in [0.1, 0.15) is 0 Å². The zero-order chi connectivity index (χ0) is 9.80. The summed E-state index contributed by atoms with van der Waals surface area (Å²) in [5, 5.41) is 14.5. The third-order valence-electron chi connectivity index (χ3n) is 2.51. The molecule has 1 saturated heterocycles. The minimum atomic E-state index is 0.767. The maximum Gasteiger partial charge on any atom is 0.242 e. The van der Waals surface area contributed by atoms with Crippen molar-refractivity contribution in [2.45, 2.75) is 12.8 Å². The summed E-state index contributed by atoms with van der Waals surface area (Å²) in [6.07, 6.45) is 2.62. The van der Waals surface area contributed by atoms with Crippen LogP contribution in [-0.4, -0.2) is 38.3 Å². The first-order chi connectivity index (χ1) is 6.86. The highest BCUT2D eigenvalue weighted by molar-refractivity contribution is 7.99. The number of thioether (sulfide) groups is 1. The van der Waals surface area contributed by atoms with E-state index in [2.05, 4.69) is 32.6 Å². The molecule has 1 aliphatic rings. The van der Waals surface area contributed by atoms with E-state index < -0.39 is 0 Å². The van der Waals surface area contributed by atoms with Gasteiger partial charge < -0.3 is 5.32 Å². The Morgan fingerprint density at radius 1 is 1.50 bits per heavy atom. The summed E-state index contributed by atoms with van der Waals surface area (Å²) >= 11 is 2.05. The smallest absolute Gasteiger partial charge is 0.242 e. The Balaban J connectivity index is 1.79. The number of nitrogens with one attached hydrogen (secondary N) is 1. The first-order valence-electron chi connectivity index (χ1n) is 4.90. The van der Waals surface area contributed by atoms with Crippen LogP contribution in [0.1, 0.15) is 12.8 Å². The average molecular weight is 213 g/mol. The summed E-state index contributed by atoms with van der Waals surface area (Å²) in [7, 11) is 1.85. The van der Waals surface area contributed by atoms with E-state index >= 15 is 0 Å². The molecule has 0 amide bonds. The molecule has 0 atom stereocenters. The van der Waals surface area contributed by atoms with Crippen LogP contribution in [0.25, 0.3) is 0 Å². The number of tetrazole rings is 1. The van der Waals surface area contributed by atoms with E-state index in [-0.39, 0.29) is 0 Å². The van der Waals surface area contributed by atoms with Gasteiger partial charge in [-0.05, 0) is 40.7 Å². The molecule has 0 aromatic carbocycles. The molecular weight excluding hydrogens is 198 g/mol. The second-order valence-corrected chi connectivity index (χ2v) is 4.79. The Labute approximate surface area is 87.6 Å². The highest BCUT2D eigenvalue weighted by Gasteiger charge is 2.14. The Morgan fingerprint density at radius 3 is 2.93 bits per heavy atom. The van der Waals surface area contributed by atoms with Crippen LogP contribution in [0.5, 0.6) is 0 Å². The van der Waals surface area contributed by atoms with Gasteiger partial charge in [0.25, 0.3) is 0 Å². The van der Waals surface area contributed by atoms with Crippen LogP contribution in [0.3, 0.4) is 0 Å². The molecule has 0 spiro atoms. The highest BCUT2D eigenvalue weighted by atomic mass is 32.2. The minimum Gasteiger partial charge on any atom is -0.353 e. The van der Waals surface area contributed by atoms with Crippen LogP contribution in [-0.2, 0) is 7.05 Å². The van der Waals surface area contributed by atoms with E-state index in [0.717, 1.165) is 18.4 Å². The quantitative estimate of drug-likeness (QED) is 0.803. The highest BCUT2D eigenvalue weighted by Crippen LogP contribution is 2.22. The fraction of sp³-hybridized carbons (Fsp3) is 0.875. The molecule has 1 aliphatic heterocycles. The van der Waals surface area contributed by atoms with Gasteiger partial charge in [-0.3, -0.25) is 0 Å². The molecule has 2 heterocycles.